The van der Waals surface area contributed by atoms with E-state index in [-0.39, 0.29) is 0 Å². The Balaban J connectivity index is 3.07. The Morgan fingerprint density at radius 2 is 1.59 bits per heavy atom. The standard InChI is InChI=1S/C16H33N/c1-4-5-6-7-8-9-10-11-12-13-16(2)14-15-17-3/h4-5,16-17H,6-15H2,1-3H3. The van der Waals surface area contributed by atoms with Gasteiger partial charge in [-0.3, -0.25) is 0 Å². The molecule has 0 aromatic heterocycles. The van der Waals surface area contributed by atoms with Crippen molar-refractivity contribution < 1.29 is 0 Å². The van der Waals surface area contributed by atoms with Gasteiger partial charge >= 0.3 is 0 Å². The van der Waals surface area contributed by atoms with Gasteiger partial charge in [0.05, 0.1) is 0 Å². The lowest BCUT2D eigenvalue weighted by Crippen LogP contribution is -2.11. The number of hydrogen-bond donors (Lipinski definition) is 1. The van der Waals surface area contributed by atoms with Crippen molar-refractivity contribution in [3.8, 4) is 0 Å². The molecule has 1 nitrogen and oxygen atoms in total. The Labute approximate surface area is 109 Å². The molecule has 1 heteroatoms. The van der Waals surface area contributed by atoms with Crippen molar-refractivity contribution in [3.05, 3.63) is 12.2 Å². The quantitative estimate of drug-likeness (QED) is 0.376. The predicted molar refractivity (Wildman–Crippen MR) is 79.5 cm³/mol. The number of nitrogens with one attached hydrogen (secondary N) is 1. The van der Waals surface area contributed by atoms with E-state index in [1.54, 1.807) is 0 Å². The zero-order chi connectivity index (χ0) is 12.8. The van der Waals surface area contributed by atoms with Gasteiger partial charge in [-0.25, -0.2) is 0 Å². The Morgan fingerprint density at radius 1 is 0.941 bits per heavy atom. The molecule has 1 unspecified atom stereocenters. The first-order chi connectivity index (χ1) is 8.31. The molecule has 0 saturated carbocycles. The number of unbranched alkanes of at least 4 members (excludes halogenated alkanes) is 6. The van der Waals surface area contributed by atoms with Crippen LogP contribution in [0.2, 0.25) is 0 Å². The van der Waals surface area contributed by atoms with E-state index in [0.717, 1.165) is 5.92 Å². The van der Waals surface area contributed by atoms with Gasteiger partial charge in [-0.2, -0.15) is 0 Å². The van der Waals surface area contributed by atoms with Crippen molar-refractivity contribution in [2.45, 2.75) is 71.6 Å². The molecule has 0 rings (SSSR count). The zero-order valence-electron chi connectivity index (χ0n) is 12.3. The molecule has 1 N–H and O–H groups in total. The Morgan fingerprint density at radius 3 is 2.24 bits per heavy atom. The van der Waals surface area contributed by atoms with Crippen molar-refractivity contribution >= 4 is 0 Å². The van der Waals surface area contributed by atoms with Crippen LogP contribution in [-0.4, -0.2) is 13.6 Å². The maximum atomic E-state index is 3.23. The summed E-state index contributed by atoms with van der Waals surface area (Å²) in [6.07, 6.45) is 17.0. The van der Waals surface area contributed by atoms with E-state index in [1.165, 1.54) is 64.3 Å². The van der Waals surface area contributed by atoms with Gasteiger partial charge in [0.2, 0.25) is 0 Å². The molecule has 0 heterocycles. The number of allylic oxidation sites excluding steroid dienone is 2. The maximum absolute atomic E-state index is 3.23. The fourth-order valence-electron chi connectivity index (χ4n) is 2.16. The van der Waals surface area contributed by atoms with Crippen molar-refractivity contribution in [1.29, 1.82) is 0 Å². The highest BCUT2D eigenvalue weighted by Crippen LogP contribution is 2.14. The van der Waals surface area contributed by atoms with Crippen LogP contribution in [0.3, 0.4) is 0 Å². The smallest absolute Gasteiger partial charge is 0.00494 e. The molecular weight excluding hydrogens is 206 g/mol. The molecule has 0 bridgehead atoms. The first-order valence-corrected chi connectivity index (χ1v) is 7.57. The molecule has 0 fully saturated rings. The van der Waals surface area contributed by atoms with Gasteiger partial charge in [-0.1, -0.05) is 57.6 Å². The van der Waals surface area contributed by atoms with Crippen molar-refractivity contribution in [3.63, 3.8) is 0 Å². The topological polar surface area (TPSA) is 12.0 Å². The summed E-state index contributed by atoms with van der Waals surface area (Å²) < 4.78 is 0. The molecule has 0 radical (unpaired) electrons. The molecule has 0 amide bonds. The van der Waals surface area contributed by atoms with Crippen LogP contribution in [0.25, 0.3) is 0 Å². The Bertz CT molecular complexity index is 163. The van der Waals surface area contributed by atoms with Crippen molar-refractivity contribution in [2.75, 3.05) is 13.6 Å². The highest BCUT2D eigenvalue weighted by atomic mass is 14.8. The lowest BCUT2D eigenvalue weighted by Gasteiger charge is -2.10. The second-order valence-electron chi connectivity index (χ2n) is 5.27. The predicted octanol–water partition coefficient (Wildman–Crippen LogP) is 4.93. The van der Waals surface area contributed by atoms with E-state index in [9.17, 15) is 0 Å². The van der Waals surface area contributed by atoms with Crippen LogP contribution >= 0.6 is 0 Å². The fourth-order valence-corrected chi connectivity index (χ4v) is 2.16. The molecule has 0 aromatic rings. The Kier molecular flexibility index (Phi) is 13.5. The van der Waals surface area contributed by atoms with Gasteiger partial charge in [-0.15, -0.1) is 0 Å². The van der Waals surface area contributed by atoms with Gasteiger partial charge in [0.15, 0.2) is 0 Å². The molecule has 1 atom stereocenters. The van der Waals surface area contributed by atoms with Gasteiger partial charge < -0.3 is 5.32 Å². The molecule has 0 aliphatic rings. The second kappa shape index (κ2) is 13.8. The third kappa shape index (κ3) is 13.6. The van der Waals surface area contributed by atoms with E-state index in [2.05, 4.69) is 31.3 Å². The minimum Gasteiger partial charge on any atom is -0.320 e. The summed E-state index contributed by atoms with van der Waals surface area (Å²) in [6, 6.07) is 0. The third-order valence-electron chi connectivity index (χ3n) is 3.44. The molecule has 0 saturated heterocycles. The molecular formula is C16H33N. The molecule has 0 aliphatic heterocycles. The van der Waals surface area contributed by atoms with Crippen LogP contribution in [0.1, 0.15) is 71.6 Å². The first kappa shape index (κ1) is 16.7. The van der Waals surface area contributed by atoms with E-state index >= 15 is 0 Å². The van der Waals surface area contributed by atoms with E-state index < -0.39 is 0 Å². The summed E-state index contributed by atoms with van der Waals surface area (Å²) in [5.74, 6) is 0.900. The summed E-state index contributed by atoms with van der Waals surface area (Å²) in [4.78, 5) is 0. The van der Waals surface area contributed by atoms with E-state index in [0.29, 0.717) is 0 Å². The Hall–Kier alpha value is -0.300. The summed E-state index contributed by atoms with van der Waals surface area (Å²) in [6.45, 7) is 5.66. The maximum Gasteiger partial charge on any atom is -0.00494 e. The minimum atomic E-state index is 0.900. The van der Waals surface area contributed by atoms with E-state index in [1.807, 2.05) is 7.05 Å². The summed E-state index contributed by atoms with van der Waals surface area (Å²) in [7, 11) is 2.04. The van der Waals surface area contributed by atoms with Crippen LogP contribution in [0.15, 0.2) is 12.2 Å². The average Bonchev–Trinajstić information content (AvgIpc) is 2.34. The first-order valence-electron chi connectivity index (χ1n) is 7.57. The van der Waals surface area contributed by atoms with Gasteiger partial charge in [0, 0.05) is 0 Å². The fraction of sp³-hybridized carbons (Fsp3) is 0.875. The number of hydrogen-bond acceptors (Lipinski definition) is 1. The summed E-state index contributed by atoms with van der Waals surface area (Å²) in [5.41, 5.74) is 0. The molecule has 0 aromatic carbocycles. The van der Waals surface area contributed by atoms with Gasteiger partial charge in [0.25, 0.3) is 0 Å². The molecule has 17 heavy (non-hydrogen) atoms. The van der Waals surface area contributed by atoms with Crippen LogP contribution in [0.5, 0.6) is 0 Å². The van der Waals surface area contributed by atoms with Gasteiger partial charge in [-0.05, 0) is 45.7 Å². The molecule has 0 spiro atoms. The molecule has 0 aliphatic carbocycles. The number of rotatable bonds is 12. The highest BCUT2D eigenvalue weighted by molar-refractivity contribution is 4.76. The second-order valence-corrected chi connectivity index (χ2v) is 5.27. The van der Waals surface area contributed by atoms with Gasteiger partial charge in [0.1, 0.15) is 0 Å². The molecule has 102 valence electrons. The normalized spacial score (nSPS) is 13.4. The van der Waals surface area contributed by atoms with Crippen LogP contribution in [0, 0.1) is 5.92 Å². The van der Waals surface area contributed by atoms with Crippen molar-refractivity contribution in [2.24, 2.45) is 5.92 Å². The van der Waals surface area contributed by atoms with Crippen LogP contribution in [0.4, 0.5) is 0 Å². The largest absolute Gasteiger partial charge is 0.320 e. The lowest BCUT2D eigenvalue weighted by molar-refractivity contribution is 0.449. The third-order valence-corrected chi connectivity index (χ3v) is 3.44. The monoisotopic (exact) mass is 239 g/mol. The minimum absolute atomic E-state index is 0.900. The lowest BCUT2D eigenvalue weighted by atomic mass is 9.99. The summed E-state index contributed by atoms with van der Waals surface area (Å²) in [5, 5.41) is 3.23. The van der Waals surface area contributed by atoms with Crippen molar-refractivity contribution in [1.82, 2.24) is 5.32 Å². The SMILES string of the molecule is CC=CCCCCCCCCC(C)CCNC. The zero-order valence-corrected chi connectivity index (χ0v) is 12.3. The average molecular weight is 239 g/mol. The van der Waals surface area contributed by atoms with Crippen LogP contribution in [-0.2, 0) is 0 Å². The van der Waals surface area contributed by atoms with Crippen LogP contribution < -0.4 is 5.32 Å². The summed E-state index contributed by atoms with van der Waals surface area (Å²) >= 11 is 0. The van der Waals surface area contributed by atoms with E-state index in [4.69, 9.17) is 0 Å². The highest BCUT2D eigenvalue weighted by Gasteiger charge is 2.00.